The van der Waals surface area contributed by atoms with Crippen molar-refractivity contribution in [1.82, 2.24) is 0 Å². The van der Waals surface area contributed by atoms with Gasteiger partial charge in [0.2, 0.25) is 15.9 Å². The number of hydrogen-bond acceptors (Lipinski definition) is 5. The van der Waals surface area contributed by atoms with E-state index in [4.69, 9.17) is 0 Å². The number of benzene rings is 2. The Bertz CT molecular complexity index is 998. The molecule has 0 aliphatic carbocycles. The average molecular weight is 413 g/mol. The summed E-state index contributed by atoms with van der Waals surface area (Å²) in [4.78, 5) is 22.2. The minimum Gasteiger partial charge on any atom is -0.326 e. The summed E-state index contributed by atoms with van der Waals surface area (Å²) in [5.74, 6) is -2.66. The van der Waals surface area contributed by atoms with Crippen molar-refractivity contribution in [3.05, 3.63) is 64.2 Å². The number of nitro groups is 1. The maximum absolute atomic E-state index is 13.1. The number of carbonyl (C=O) groups excluding carboxylic acids is 1. The number of hydrogen-bond donors (Lipinski definition) is 1. The smallest absolute Gasteiger partial charge is 0.271 e. The van der Waals surface area contributed by atoms with Crippen LogP contribution in [0.25, 0.3) is 0 Å². The SMILES string of the molecule is CS(=O)(=O)N(CCCC(=O)Nc1ccc(F)c(F)c1)c1cccc([N+](=O)[O-])c1. The summed E-state index contributed by atoms with van der Waals surface area (Å²) in [6.07, 6.45) is 0.957. The van der Waals surface area contributed by atoms with Crippen LogP contribution in [-0.2, 0) is 14.8 Å². The molecule has 0 saturated heterocycles. The first-order chi connectivity index (χ1) is 13.1. The van der Waals surface area contributed by atoms with Crippen molar-refractivity contribution in [3.8, 4) is 0 Å². The largest absolute Gasteiger partial charge is 0.326 e. The molecule has 1 amide bonds. The van der Waals surface area contributed by atoms with Crippen LogP contribution in [0.15, 0.2) is 42.5 Å². The molecule has 2 rings (SSSR count). The molecule has 0 radical (unpaired) electrons. The topological polar surface area (TPSA) is 110 Å². The first kappa shape index (κ1) is 21.2. The Hall–Kier alpha value is -3.08. The monoisotopic (exact) mass is 413 g/mol. The summed E-state index contributed by atoms with van der Waals surface area (Å²) < 4.78 is 51.1. The third-order valence-corrected chi connectivity index (χ3v) is 4.89. The van der Waals surface area contributed by atoms with Crippen LogP contribution in [0, 0.1) is 21.7 Å². The zero-order chi connectivity index (χ0) is 20.9. The maximum atomic E-state index is 13.1. The predicted octanol–water partition coefficient (Wildman–Crippen LogP) is 3.06. The summed E-state index contributed by atoms with van der Waals surface area (Å²) in [5.41, 5.74) is -0.0810. The van der Waals surface area contributed by atoms with Crippen LogP contribution in [0.1, 0.15) is 12.8 Å². The van der Waals surface area contributed by atoms with E-state index in [-0.39, 0.29) is 36.4 Å². The second-order valence-electron chi connectivity index (χ2n) is 5.89. The van der Waals surface area contributed by atoms with Crippen LogP contribution in [0.3, 0.4) is 0 Å². The normalized spacial score (nSPS) is 11.1. The number of sulfonamides is 1. The van der Waals surface area contributed by atoms with Gasteiger partial charge < -0.3 is 5.32 Å². The Morgan fingerprint density at radius 1 is 1.18 bits per heavy atom. The lowest BCUT2D eigenvalue weighted by Gasteiger charge is -2.22. The van der Waals surface area contributed by atoms with Crippen LogP contribution in [-0.4, -0.2) is 32.0 Å². The van der Waals surface area contributed by atoms with Gasteiger partial charge in [0.15, 0.2) is 11.6 Å². The molecular weight excluding hydrogens is 396 g/mol. The number of rotatable bonds is 8. The number of carbonyl (C=O) groups is 1. The Morgan fingerprint density at radius 2 is 1.89 bits per heavy atom. The summed E-state index contributed by atoms with van der Waals surface area (Å²) in [5, 5.41) is 13.3. The Labute approximate surface area is 160 Å². The van der Waals surface area contributed by atoms with Gasteiger partial charge in [0.1, 0.15) is 0 Å². The van der Waals surface area contributed by atoms with Crippen molar-refractivity contribution in [3.63, 3.8) is 0 Å². The van der Waals surface area contributed by atoms with E-state index in [2.05, 4.69) is 5.32 Å². The van der Waals surface area contributed by atoms with Crippen LogP contribution < -0.4 is 9.62 Å². The molecule has 2 aromatic rings. The van der Waals surface area contributed by atoms with E-state index in [1.54, 1.807) is 0 Å². The van der Waals surface area contributed by atoms with Gasteiger partial charge in [0, 0.05) is 36.9 Å². The van der Waals surface area contributed by atoms with Gasteiger partial charge >= 0.3 is 0 Å². The molecule has 28 heavy (non-hydrogen) atoms. The molecule has 0 aliphatic heterocycles. The van der Waals surface area contributed by atoms with Gasteiger partial charge in [-0.3, -0.25) is 19.2 Å². The number of halogens is 2. The molecule has 0 unspecified atom stereocenters. The molecule has 1 N–H and O–H groups in total. The van der Waals surface area contributed by atoms with E-state index in [0.29, 0.717) is 0 Å². The molecule has 2 aromatic carbocycles. The van der Waals surface area contributed by atoms with E-state index in [9.17, 15) is 32.1 Å². The van der Waals surface area contributed by atoms with Crippen molar-refractivity contribution in [2.45, 2.75) is 12.8 Å². The minimum atomic E-state index is -3.74. The van der Waals surface area contributed by atoms with Gasteiger partial charge in [0.05, 0.1) is 16.9 Å². The molecule has 0 bridgehead atoms. The molecule has 0 fully saturated rings. The lowest BCUT2D eigenvalue weighted by Crippen LogP contribution is -2.31. The summed E-state index contributed by atoms with van der Waals surface area (Å²) in [6.45, 7) is -0.0921. The van der Waals surface area contributed by atoms with Gasteiger partial charge in [-0.15, -0.1) is 0 Å². The van der Waals surface area contributed by atoms with Crippen LogP contribution in [0.2, 0.25) is 0 Å². The van der Waals surface area contributed by atoms with E-state index >= 15 is 0 Å². The number of nitrogens with one attached hydrogen (secondary N) is 1. The number of amides is 1. The van der Waals surface area contributed by atoms with E-state index in [1.807, 2.05) is 0 Å². The number of nitrogens with zero attached hydrogens (tertiary/aromatic N) is 2. The van der Waals surface area contributed by atoms with Crippen molar-refractivity contribution in [1.29, 1.82) is 0 Å². The lowest BCUT2D eigenvalue weighted by molar-refractivity contribution is -0.384. The molecule has 0 atom stereocenters. The Morgan fingerprint density at radius 3 is 2.50 bits per heavy atom. The molecule has 11 heteroatoms. The fourth-order valence-corrected chi connectivity index (χ4v) is 3.39. The first-order valence-electron chi connectivity index (χ1n) is 8.05. The van der Waals surface area contributed by atoms with Gasteiger partial charge in [-0.2, -0.15) is 0 Å². The maximum Gasteiger partial charge on any atom is 0.271 e. The van der Waals surface area contributed by atoms with Crippen molar-refractivity contribution < 1.29 is 26.9 Å². The fraction of sp³-hybridized carbons (Fsp3) is 0.235. The summed E-state index contributed by atoms with van der Waals surface area (Å²) >= 11 is 0. The molecule has 0 aliphatic rings. The van der Waals surface area contributed by atoms with E-state index in [0.717, 1.165) is 28.8 Å². The standard InChI is InChI=1S/C17H17F2N3O5S/c1-28(26,27)21(13-4-2-5-14(11-13)22(24)25)9-3-6-17(23)20-12-7-8-15(18)16(19)10-12/h2,4-5,7-8,10-11H,3,6,9H2,1H3,(H,20,23). The number of anilines is 2. The Kier molecular flexibility index (Phi) is 6.62. The highest BCUT2D eigenvalue weighted by Crippen LogP contribution is 2.23. The van der Waals surface area contributed by atoms with Crippen molar-refractivity contribution in [2.24, 2.45) is 0 Å². The van der Waals surface area contributed by atoms with Gasteiger partial charge in [-0.25, -0.2) is 17.2 Å². The van der Waals surface area contributed by atoms with Crippen molar-refractivity contribution >= 4 is 33.0 Å². The summed E-state index contributed by atoms with van der Waals surface area (Å²) in [7, 11) is -3.74. The van der Waals surface area contributed by atoms with Crippen LogP contribution in [0.4, 0.5) is 25.8 Å². The van der Waals surface area contributed by atoms with Gasteiger partial charge in [-0.1, -0.05) is 6.07 Å². The molecule has 0 heterocycles. The highest BCUT2D eigenvalue weighted by Gasteiger charge is 2.20. The zero-order valence-corrected chi connectivity index (χ0v) is 15.6. The first-order valence-corrected chi connectivity index (χ1v) is 9.90. The quantitative estimate of drug-likeness (QED) is 0.528. The van der Waals surface area contributed by atoms with Crippen LogP contribution >= 0.6 is 0 Å². The van der Waals surface area contributed by atoms with Gasteiger partial charge in [-0.05, 0) is 24.6 Å². The molecule has 150 valence electrons. The number of non-ortho nitro benzene ring substituents is 1. The molecule has 0 aromatic heterocycles. The second-order valence-corrected chi connectivity index (χ2v) is 7.80. The predicted molar refractivity (Wildman–Crippen MR) is 99.5 cm³/mol. The summed E-state index contributed by atoms with van der Waals surface area (Å²) in [6, 6.07) is 8.04. The van der Waals surface area contributed by atoms with E-state index < -0.39 is 32.5 Å². The molecular formula is C17H17F2N3O5S. The van der Waals surface area contributed by atoms with Crippen molar-refractivity contribution in [2.75, 3.05) is 22.4 Å². The molecule has 0 spiro atoms. The second kappa shape index (κ2) is 8.74. The minimum absolute atomic E-state index is 0.0718. The average Bonchev–Trinajstić information content (AvgIpc) is 2.61. The highest BCUT2D eigenvalue weighted by atomic mass is 32.2. The third-order valence-electron chi connectivity index (χ3n) is 3.70. The highest BCUT2D eigenvalue weighted by molar-refractivity contribution is 7.92. The lowest BCUT2D eigenvalue weighted by atomic mass is 10.2. The Balaban J connectivity index is 2.02. The van der Waals surface area contributed by atoms with E-state index in [1.165, 1.54) is 24.3 Å². The zero-order valence-electron chi connectivity index (χ0n) is 14.8. The molecule has 8 nitrogen and oxygen atoms in total. The number of nitro benzene ring substituents is 1. The van der Waals surface area contributed by atoms with Gasteiger partial charge in [0.25, 0.3) is 5.69 Å². The third kappa shape index (κ3) is 5.71. The molecule has 0 saturated carbocycles. The van der Waals surface area contributed by atoms with Crippen LogP contribution in [0.5, 0.6) is 0 Å². The fourth-order valence-electron chi connectivity index (χ4n) is 2.43.